The fraction of sp³-hybridized carbons (Fsp3) is 0.472. The predicted molar refractivity (Wildman–Crippen MR) is 257 cm³/mol. The van der Waals surface area contributed by atoms with Crippen LogP contribution in [-0.4, -0.2) is 64.6 Å². The number of pyridine rings is 1. The summed E-state index contributed by atoms with van der Waals surface area (Å²) in [6.45, 7) is 3.65. The van der Waals surface area contributed by atoms with Gasteiger partial charge in [-0.2, -0.15) is 0 Å². The first-order valence-corrected chi connectivity index (χ1v) is 26.0. The number of rotatable bonds is 4. The number of carbonyl (C=O) groups excluding carboxylic acids is 1. The number of ether oxygens (including phenoxy) is 4. The Morgan fingerprint density at radius 2 is 1.92 bits per heavy atom. The number of nitrogens with one attached hydrogen (secondary N) is 1. The van der Waals surface area contributed by atoms with Crippen LogP contribution in [0.5, 0.6) is 28.7 Å². The monoisotopic (exact) mass is 911 g/mol. The third-order valence-electron chi connectivity index (χ3n) is 15.4. The van der Waals surface area contributed by atoms with Gasteiger partial charge in [0.25, 0.3) is 0 Å². The fourth-order valence-corrected chi connectivity index (χ4v) is 15.1. The van der Waals surface area contributed by atoms with Crippen LogP contribution in [0.3, 0.4) is 0 Å². The van der Waals surface area contributed by atoms with Gasteiger partial charge in [-0.1, -0.05) is 65.1 Å². The van der Waals surface area contributed by atoms with Gasteiger partial charge in [0.2, 0.25) is 0 Å². The molecule has 3 aromatic carbocycles. The summed E-state index contributed by atoms with van der Waals surface area (Å²) in [4.78, 5) is 17.7. The van der Waals surface area contributed by atoms with E-state index in [1.54, 1.807) is 19.2 Å². The second-order valence-corrected chi connectivity index (χ2v) is 21.9. The molecule has 7 aliphatic rings. The number of phenolic OH excluding ortho intramolecular Hbond substituents is 2. The van der Waals surface area contributed by atoms with E-state index >= 15 is 0 Å². The zero-order chi connectivity index (χ0) is 44.6. The van der Waals surface area contributed by atoms with Gasteiger partial charge in [0.15, 0.2) is 11.5 Å². The highest BCUT2D eigenvalue weighted by atomic mass is 33.1. The third-order valence-corrected chi connectivity index (χ3v) is 17.9. The number of carbonyl (C=O) groups is 1. The molecule has 4 aromatic rings. The van der Waals surface area contributed by atoms with Crippen LogP contribution >= 0.6 is 21.6 Å². The normalized spacial score (nSPS) is 28.1. The summed E-state index contributed by atoms with van der Waals surface area (Å²) in [5, 5.41) is 27.1. The number of nitrogens with two attached hydrogens (primary N) is 1. The SMILES string of the molecule is CCc1cc2c(nc1N)C#CCc1cc(O)c3c(c1[C@H]1Oc4c(ccc5c4[C@@]4(CC[C@H](C2)C4)Cc2cc(O)cc(OC)c2-5)[C@@H]1COC(C)=O)C=C[C@@H]1N[C@@H]2CCC[C@H](CSSC[C@@H]1O3)C2. The first kappa shape index (κ1) is 42.7. The average molecular weight is 912 g/mol. The maximum absolute atomic E-state index is 12.7. The molecular formula is C53H57N3O7S2. The number of phenols is 2. The number of anilines is 1. The molecule has 65 heavy (non-hydrogen) atoms. The minimum absolute atomic E-state index is 0.0549. The number of aromatic nitrogens is 1. The summed E-state index contributed by atoms with van der Waals surface area (Å²) in [6.07, 6.45) is 13.6. The molecule has 1 spiro atoms. The van der Waals surface area contributed by atoms with E-state index in [1.165, 1.54) is 19.8 Å². The molecule has 1 aromatic heterocycles. The molecule has 5 N–H and O–H groups in total. The number of nitrogens with zero attached hydrogens (tertiary/aromatic N) is 1. The standard InChI is InChI=1S/C53H57N3O7S2/c1-4-31-19-33-17-29-15-16-53(23-29)24-34-20-36(58)22-44(60-3)46(34)38-12-11-37-40(25-61-28(2)57)50(63-51(37)48(38)53)47-32(8-6-10-41(33)56-52(31)54)21-43(59)49-39(47)13-14-42-45(62-49)27-65-64-26-30-7-5-9-35(18-30)55-42/h11-14,19-22,29-30,35,40,42,45,50,55,58-59H,4-5,7-9,15-18,23-27H2,1-3H3,(H2,54,56)/t29-,30+,35-,40+,42+,45+,50+,53-/m1/s1. The molecule has 0 unspecified atom stereocenters. The molecule has 2 saturated carbocycles. The number of aromatic hydroxyl groups is 2. The Labute approximate surface area is 389 Å². The van der Waals surface area contributed by atoms with Crippen LogP contribution in [-0.2, 0) is 40.6 Å². The molecule has 6 bridgehead atoms. The van der Waals surface area contributed by atoms with Crippen molar-refractivity contribution in [3.63, 3.8) is 0 Å². The third kappa shape index (κ3) is 7.59. The Balaban J connectivity index is 1.14. The highest BCUT2D eigenvalue weighted by molar-refractivity contribution is 8.76. The second-order valence-electron chi connectivity index (χ2n) is 19.4. The lowest BCUT2D eigenvalue weighted by Gasteiger charge is -2.39. The van der Waals surface area contributed by atoms with Crippen molar-refractivity contribution in [2.75, 3.05) is 31.0 Å². The zero-order valence-corrected chi connectivity index (χ0v) is 39.0. The minimum atomic E-state index is -0.625. The molecule has 12 heteroatoms. The number of hydrogen-bond donors (Lipinski definition) is 4. The molecule has 5 heterocycles. The van der Waals surface area contributed by atoms with Crippen molar-refractivity contribution in [3.05, 3.63) is 92.7 Å². The molecule has 4 aliphatic heterocycles. The molecule has 0 radical (unpaired) electrons. The predicted octanol–water partition coefficient (Wildman–Crippen LogP) is 9.52. The molecule has 338 valence electrons. The Bertz CT molecular complexity index is 2690. The van der Waals surface area contributed by atoms with E-state index in [9.17, 15) is 15.0 Å². The first-order chi connectivity index (χ1) is 31.6. The Hall–Kier alpha value is -4.96. The largest absolute Gasteiger partial charge is 0.508 e. The molecule has 10 nitrogen and oxygen atoms in total. The van der Waals surface area contributed by atoms with E-state index < -0.39 is 6.10 Å². The summed E-state index contributed by atoms with van der Waals surface area (Å²) in [5.74, 6) is 11.7. The molecule has 1 saturated heterocycles. The molecule has 8 atom stereocenters. The van der Waals surface area contributed by atoms with Gasteiger partial charge in [-0.05, 0) is 122 Å². The summed E-state index contributed by atoms with van der Waals surface area (Å²) >= 11 is 0. The summed E-state index contributed by atoms with van der Waals surface area (Å²) < 4.78 is 26.6. The van der Waals surface area contributed by atoms with Crippen LogP contribution < -0.4 is 25.3 Å². The van der Waals surface area contributed by atoms with Crippen LogP contribution in [0.15, 0.2) is 42.5 Å². The maximum Gasteiger partial charge on any atom is 0.302 e. The first-order valence-electron chi connectivity index (χ1n) is 23.5. The Kier molecular flexibility index (Phi) is 11.2. The smallest absolute Gasteiger partial charge is 0.302 e. The van der Waals surface area contributed by atoms with Gasteiger partial charge >= 0.3 is 5.97 Å². The van der Waals surface area contributed by atoms with E-state index in [0.29, 0.717) is 47.3 Å². The van der Waals surface area contributed by atoms with Crippen molar-refractivity contribution < 1.29 is 34.0 Å². The molecular weight excluding hydrogens is 855 g/mol. The van der Waals surface area contributed by atoms with Crippen molar-refractivity contribution in [2.24, 2.45) is 11.8 Å². The average Bonchev–Trinajstić information content (AvgIpc) is 3.80. The van der Waals surface area contributed by atoms with Crippen molar-refractivity contribution in [3.8, 4) is 51.7 Å². The molecule has 3 fully saturated rings. The Morgan fingerprint density at radius 3 is 2.77 bits per heavy atom. The van der Waals surface area contributed by atoms with Crippen LogP contribution in [0, 0.1) is 23.7 Å². The van der Waals surface area contributed by atoms with Gasteiger partial charge in [-0.3, -0.25) is 4.79 Å². The van der Waals surface area contributed by atoms with E-state index in [-0.39, 0.29) is 54.0 Å². The van der Waals surface area contributed by atoms with Crippen molar-refractivity contribution >= 4 is 39.5 Å². The summed E-state index contributed by atoms with van der Waals surface area (Å²) in [5.41, 5.74) is 16.6. The van der Waals surface area contributed by atoms with Crippen LogP contribution in [0.2, 0.25) is 0 Å². The fourth-order valence-electron chi connectivity index (χ4n) is 12.5. The number of aryl methyl sites for hydroxylation is 1. The number of hydrogen-bond acceptors (Lipinski definition) is 12. The van der Waals surface area contributed by atoms with Gasteiger partial charge in [0.05, 0.1) is 19.1 Å². The van der Waals surface area contributed by atoms with Gasteiger partial charge in [0, 0.05) is 70.2 Å². The summed E-state index contributed by atoms with van der Waals surface area (Å²) in [7, 11) is 5.44. The minimum Gasteiger partial charge on any atom is -0.508 e. The lowest BCUT2D eigenvalue weighted by Crippen LogP contribution is -2.49. The Morgan fingerprint density at radius 1 is 1.05 bits per heavy atom. The van der Waals surface area contributed by atoms with Crippen LogP contribution in [0.1, 0.15) is 121 Å². The quantitative estimate of drug-likeness (QED) is 0.0879. The molecule has 11 rings (SSSR count). The summed E-state index contributed by atoms with van der Waals surface area (Å²) in [6, 6.07) is 12.3. The van der Waals surface area contributed by atoms with Crippen molar-refractivity contribution in [2.45, 2.75) is 120 Å². The van der Waals surface area contributed by atoms with Crippen molar-refractivity contribution in [1.82, 2.24) is 10.3 Å². The highest BCUT2D eigenvalue weighted by Crippen LogP contribution is 2.63. The zero-order valence-electron chi connectivity index (χ0n) is 37.3. The lowest BCUT2D eigenvalue weighted by molar-refractivity contribution is -0.141. The highest BCUT2D eigenvalue weighted by Gasteiger charge is 2.51. The van der Waals surface area contributed by atoms with Crippen molar-refractivity contribution in [1.29, 1.82) is 0 Å². The van der Waals surface area contributed by atoms with Crippen LogP contribution in [0.4, 0.5) is 5.82 Å². The van der Waals surface area contributed by atoms with E-state index in [4.69, 9.17) is 29.7 Å². The molecule has 0 amide bonds. The molecule has 3 aliphatic carbocycles. The lowest BCUT2D eigenvalue weighted by atomic mass is 9.65. The topological polar surface area (TPSA) is 145 Å². The number of benzene rings is 3. The van der Waals surface area contributed by atoms with E-state index in [2.05, 4.69) is 54.4 Å². The second kappa shape index (κ2) is 17.0. The van der Waals surface area contributed by atoms with Crippen LogP contribution in [0.25, 0.3) is 17.2 Å². The van der Waals surface area contributed by atoms with Gasteiger partial charge in [0.1, 0.15) is 47.6 Å². The van der Waals surface area contributed by atoms with E-state index in [1.807, 2.05) is 27.7 Å². The number of methoxy groups -OCH3 is 1. The van der Waals surface area contributed by atoms with Gasteiger partial charge in [-0.15, -0.1) is 0 Å². The number of esters is 1. The number of nitrogen functional groups attached to an aromatic ring is 1. The number of fused-ring (bicyclic) bond motifs is 12. The van der Waals surface area contributed by atoms with Gasteiger partial charge < -0.3 is 40.2 Å². The maximum atomic E-state index is 12.7. The van der Waals surface area contributed by atoms with Gasteiger partial charge in [-0.25, -0.2) is 4.98 Å². The van der Waals surface area contributed by atoms with E-state index in [0.717, 1.165) is 118 Å².